The number of hydrogen-bond donors (Lipinski definition) is 1. The van der Waals surface area contributed by atoms with Gasteiger partial charge in [-0.2, -0.15) is 5.10 Å². The van der Waals surface area contributed by atoms with Crippen LogP contribution in [0.1, 0.15) is 25.1 Å². The highest BCUT2D eigenvalue weighted by Crippen LogP contribution is 2.16. The molecule has 0 aliphatic heterocycles. The van der Waals surface area contributed by atoms with Gasteiger partial charge in [-0.1, -0.05) is 0 Å². The highest BCUT2D eigenvalue weighted by Gasteiger charge is 2.11. The molecule has 5 nitrogen and oxygen atoms in total. The Balaban J connectivity index is 1.91. The van der Waals surface area contributed by atoms with Gasteiger partial charge in [-0.3, -0.25) is 9.48 Å². The van der Waals surface area contributed by atoms with E-state index in [2.05, 4.69) is 10.4 Å². The van der Waals surface area contributed by atoms with E-state index in [9.17, 15) is 4.79 Å². The van der Waals surface area contributed by atoms with Crippen molar-refractivity contribution in [2.24, 2.45) is 0 Å². The lowest BCUT2D eigenvalue weighted by atomic mass is 10.2. The number of ether oxygens (including phenoxy) is 1. The minimum absolute atomic E-state index is 0.0296. The minimum Gasteiger partial charge on any atom is -0.497 e. The van der Waals surface area contributed by atoms with Crippen molar-refractivity contribution in [3.05, 3.63) is 42.2 Å². The number of aromatic nitrogens is 2. The number of anilines is 1. The van der Waals surface area contributed by atoms with Crippen LogP contribution in [-0.4, -0.2) is 22.8 Å². The Morgan fingerprint density at radius 2 is 2.05 bits per heavy atom. The zero-order chi connectivity index (χ0) is 14.5. The molecule has 0 fully saturated rings. The standard InChI is InChI=1S/C15H19N3O2/c1-11-8-9-18(17-11)12(2)10-15(19)16-13-4-6-14(20-3)7-5-13/h4-9,12H,10H2,1-3H3,(H,16,19)/t12-/m1/s1. The molecule has 2 rings (SSSR count). The van der Waals surface area contributed by atoms with E-state index in [1.807, 2.05) is 55.1 Å². The SMILES string of the molecule is COc1ccc(NC(=O)C[C@@H](C)n2ccc(C)n2)cc1. The van der Waals surface area contributed by atoms with Crippen molar-refractivity contribution in [2.75, 3.05) is 12.4 Å². The number of nitrogens with one attached hydrogen (secondary N) is 1. The molecule has 0 saturated heterocycles. The second-order valence-corrected chi connectivity index (χ2v) is 4.77. The molecule has 0 bridgehead atoms. The topological polar surface area (TPSA) is 56.1 Å². The van der Waals surface area contributed by atoms with Crippen LogP contribution < -0.4 is 10.1 Å². The summed E-state index contributed by atoms with van der Waals surface area (Å²) < 4.78 is 6.88. The molecule has 0 aliphatic rings. The summed E-state index contributed by atoms with van der Waals surface area (Å²) in [5.74, 6) is 0.735. The Labute approximate surface area is 118 Å². The summed E-state index contributed by atoms with van der Waals surface area (Å²) in [6.45, 7) is 3.90. The van der Waals surface area contributed by atoms with Crippen molar-refractivity contribution >= 4 is 11.6 Å². The number of aryl methyl sites for hydroxylation is 1. The first-order valence-corrected chi connectivity index (χ1v) is 6.54. The van der Waals surface area contributed by atoms with Gasteiger partial charge in [-0.05, 0) is 44.2 Å². The molecule has 1 amide bonds. The van der Waals surface area contributed by atoms with Crippen LogP contribution in [-0.2, 0) is 4.79 Å². The predicted octanol–water partition coefficient (Wildman–Crippen LogP) is 2.79. The maximum atomic E-state index is 12.0. The van der Waals surface area contributed by atoms with Crippen LogP contribution in [0.3, 0.4) is 0 Å². The molecule has 0 saturated carbocycles. The molecule has 2 aromatic rings. The Kier molecular flexibility index (Phi) is 4.40. The smallest absolute Gasteiger partial charge is 0.226 e. The zero-order valence-electron chi connectivity index (χ0n) is 12.0. The van der Waals surface area contributed by atoms with Crippen LogP contribution in [0.25, 0.3) is 0 Å². The highest BCUT2D eigenvalue weighted by molar-refractivity contribution is 5.90. The van der Waals surface area contributed by atoms with Gasteiger partial charge in [-0.25, -0.2) is 0 Å². The van der Waals surface area contributed by atoms with Gasteiger partial charge in [0.1, 0.15) is 5.75 Å². The molecule has 0 spiro atoms. The number of nitrogens with zero attached hydrogens (tertiary/aromatic N) is 2. The first-order chi connectivity index (χ1) is 9.58. The van der Waals surface area contributed by atoms with E-state index in [0.29, 0.717) is 6.42 Å². The molecule has 0 unspecified atom stereocenters. The van der Waals surface area contributed by atoms with Gasteiger partial charge in [0.25, 0.3) is 0 Å². The van der Waals surface area contributed by atoms with Crippen molar-refractivity contribution in [2.45, 2.75) is 26.3 Å². The highest BCUT2D eigenvalue weighted by atomic mass is 16.5. The van der Waals surface area contributed by atoms with E-state index >= 15 is 0 Å². The van der Waals surface area contributed by atoms with Crippen LogP contribution in [0.4, 0.5) is 5.69 Å². The molecule has 1 aromatic heterocycles. The summed E-state index contributed by atoms with van der Waals surface area (Å²) in [5, 5.41) is 7.18. The Bertz CT molecular complexity index is 575. The molecule has 1 N–H and O–H groups in total. The molecule has 5 heteroatoms. The number of benzene rings is 1. The van der Waals surface area contributed by atoms with Crippen molar-refractivity contribution in [3.63, 3.8) is 0 Å². The minimum atomic E-state index is -0.0316. The number of amides is 1. The van der Waals surface area contributed by atoms with E-state index in [-0.39, 0.29) is 11.9 Å². The van der Waals surface area contributed by atoms with E-state index < -0.39 is 0 Å². The lowest BCUT2D eigenvalue weighted by molar-refractivity contribution is -0.116. The Morgan fingerprint density at radius 3 is 2.60 bits per heavy atom. The third-order valence-corrected chi connectivity index (χ3v) is 3.05. The van der Waals surface area contributed by atoms with Crippen molar-refractivity contribution < 1.29 is 9.53 Å². The molecule has 1 aromatic carbocycles. The summed E-state index contributed by atoms with van der Waals surface area (Å²) in [7, 11) is 1.61. The fourth-order valence-electron chi connectivity index (χ4n) is 1.93. The van der Waals surface area contributed by atoms with Gasteiger partial charge in [0.15, 0.2) is 0 Å². The predicted molar refractivity (Wildman–Crippen MR) is 77.9 cm³/mol. The van der Waals surface area contributed by atoms with Crippen LogP contribution in [0.5, 0.6) is 5.75 Å². The summed E-state index contributed by atoms with van der Waals surface area (Å²) in [6.07, 6.45) is 2.27. The van der Waals surface area contributed by atoms with Gasteiger partial charge >= 0.3 is 0 Å². The maximum absolute atomic E-state index is 12.0. The summed E-state index contributed by atoms with van der Waals surface area (Å²) in [5.41, 5.74) is 1.71. The van der Waals surface area contributed by atoms with Gasteiger partial charge in [0, 0.05) is 18.3 Å². The largest absolute Gasteiger partial charge is 0.497 e. The lowest BCUT2D eigenvalue weighted by Gasteiger charge is -2.12. The number of carbonyl (C=O) groups excluding carboxylic acids is 1. The normalized spacial score (nSPS) is 11.9. The second kappa shape index (κ2) is 6.23. The van der Waals surface area contributed by atoms with Gasteiger partial charge in [0.05, 0.1) is 18.8 Å². The van der Waals surface area contributed by atoms with Crippen LogP contribution in [0.15, 0.2) is 36.5 Å². The molecule has 0 aliphatic carbocycles. The van der Waals surface area contributed by atoms with E-state index in [1.54, 1.807) is 7.11 Å². The molecule has 20 heavy (non-hydrogen) atoms. The third kappa shape index (κ3) is 3.60. The molecule has 0 radical (unpaired) electrons. The molecule has 1 heterocycles. The van der Waals surface area contributed by atoms with Crippen molar-refractivity contribution in [1.82, 2.24) is 9.78 Å². The molecular formula is C15H19N3O2. The lowest BCUT2D eigenvalue weighted by Crippen LogP contribution is -2.18. The Morgan fingerprint density at radius 1 is 1.35 bits per heavy atom. The molecule has 106 valence electrons. The van der Waals surface area contributed by atoms with Crippen molar-refractivity contribution in [3.8, 4) is 5.75 Å². The fraction of sp³-hybridized carbons (Fsp3) is 0.333. The average molecular weight is 273 g/mol. The number of methoxy groups -OCH3 is 1. The number of carbonyl (C=O) groups is 1. The van der Waals surface area contributed by atoms with Gasteiger partial charge in [0.2, 0.25) is 5.91 Å². The summed E-state index contributed by atoms with van der Waals surface area (Å²) >= 11 is 0. The van der Waals surface area contributed by atoms with Gasteiger partial charge in [-0.15, -0.1) is 0 Å². The number of rotatable bonds is 5. The fourth-order valence-corrected chi connectivity index (χ4v) is 1.93. The summed E-state index contributed by atoms with van der Waals surface area (Å²) in [6, 6.07) is 9.23. The van der Waals surface area contributed by atoms with Gasteiger partial charge < -0.3 is 10.1 Å². The van der Waals surface area contributed by atoms with E-state index in [1.165, 1.54) is 0 Å². The van der Waals surface area contributed by atoms with E-state index in [4.69, 9.17) is 4.74 Å². The maximum Gasteiger partial charge on any atom is 0.226 e. The average Bonchev–Trinajstić information content (AvgIpc) is 2.86. The first-order valence-electron chi connectivity index (χ1n) is 6.54. The van der Waals surface area contributed by atoms with Crippen LogP contribution in [0, 0.1) is 6.92 Å². The monoisotopic (exact) mass is 273 g/mol. The molecular weight excluding hydrogens is 254 g/mol. The second-order valence-electron chi connectivity index (χ2n) is 4.77. The first kappa shape index (κ1) is 14.1. The quantitative estimate of drug-likeness (QED) is 0.911. The molecule has 1 atom stereocenters. The number of hydrogen-bond acceptors (Lipinski definition) is 3. The Hall–Kier alpha value is -2.30. The van der Waals surface area contributed by atoms with E-state index in [0.717, 1.165) is 17.1 Å². The zero-order valence-corrected chi connectivity index (χ0v) is 12.0. The van der Waals surface area contributed by atoms with Crippen molar-refractivity contribution in [1.29, 1.82) is 0 Å². The third-order valence-electron chi connectivity index (χ3n) is 3.05. The van der Waals surface area contributed by atoms with Crippen LogP contribution in [0.2, 0.25) is 0 Å². The summed E-state index contributed by atoms with van der Waals surface area (Å²) in [4.78, 5) is 12.0. The van der Waals surface area contributed by atoms with Crippen LogP contribution >= 0.6 is 0 Å².